The normalized spacial score (nSPS) is 14.6. The maximum absolute atomic E-state index is 13.4. The van der Waals surface area contributed by atoms with E-state index in [1.165, 1.54) is 47.4 Å². The summed E-state index contributed by atoms with van der Waals surface area (Å²) in [5, 5.41) is 2.18. The van der Waals surface area contributed by atoms with Crippen molar-refractivity contribution in [1.29, 1.82) is 0 Å². The number of esters is 1. The molecule has 0 spiro atoms. The van der Waals surface area contributed by atoms with E-state index in [-0.39, 0.29) is 17.5 Å². The Morgan fingerprint density at radius 2 is 1.97 bits per heavy atom. The Balaban J connectivity index is 1.63. The number of amides is 1. The summed E-state index contributed by atoms with van der Waals surface area (Å²) in [6.07, 6.45) is 1.47. The summed E-state index contributed by atoms with van der Waals surface area (Å²) in [4.78, 5) is 34.3. The smallest absolute Gasteiger partial charge is 0.363 e. The van der Waals surface area contributed by atoms with E-state index in [0.717, 1.165) is 0 Å². The molecule has 29 heavy (non-hydrogen) atoms. The summed E-state index contributed by atoms with van der Waals surface area (Å²) in [7, 11) is 0. The number of nitrogens with zero attached hydrogens (tertiary/aromatic N) is 3. The number of hydrogen-bond acceptors (Lipinski definition) is 6. The second kappa shape index (κ2) is 7.76. The summed E-state index contributed by atoms with van der Waals surface area (Å²) >= 11 is 1.26. The Labute approximate surface area is 169 Å². The van der Waals surface area contributed by atoms with Gasteiger partial charge in [0.25, 0.3) is 0 Å². The van der Waals surface area contributed by atoms with Gasteiger partial charge in [-0.05, 0) is 36.4 Å². The van der Waals surface area contributed by atoms with Crippen molar-refractivity contribution in [2.24, 2.45) is 4.99 Å². The minimum Gasteiger partial charge on any atom is -0.402 e. The molecule has 2 heterocycles. The number of carbonyl (C=O) groups is 2. The third kappa shape index (κ3) is 3.97. The number of anilines is 2. The van der Waals surface area contributed by atoms with Crippen molar-refractivity contribution in [2.75, 3.05) is 4.90 Å². The van der Waals surface area contributed by atoms with Gasteiger partial charge in [0.1, 0.15) is 5.82 Å². The van der Waals surface area contributed by atoms with Gasteiger partial charge in [0, 0.05) is 17.9 Å². The number of rotatable bonds is 4. The summed E-state index contributed by atoms with van der Waals surface area (Å²) in [5.41, 5.74) is 1.58. The van der Waals surface area contributed by atoms with Gasteiger partial charge in [-0.3, -0.25) is 9.69 Å². The Hall–Kier alpha value is -3.65. The first kappa shape index (κ1) is 18.7. The topological polar surface area (TPSA) is 71.9 Å². The number of ether oxygens (including phenoxy) is 1. The third-order valence-electron chi connectivity index (χ3n) is 4.01. The highest BCUT2D eigenvalue weighted by Crippen LogP contribution is 2.30. The van der Waals surface area contributed by atoms with Crippen molar-refractivity contribution in [3.05, 3.63) is 82.7 Å². The quantitative estimate of drug-likeness (QED) is 0.477. The van der Waals surface area contributed by atoms with Gasteiger partial charge in [0.15, 0.2) is 10.8 Å². The van der Waals surface area contributed by atoms with E-state index in [9.17, 15) is 14.0 Å². The number of halogens is 1. The molecule has 8 heteroatoms. The highest BCUT2D eigenvalue weighted by atomic mass is 32.1. The van der Waals surface area contributed by atoms with Crippen LogP contribution in [-0.4, -0.2) is 22.8 Å². The molecule has 6 nitrogen and oxygen atoms in total. The third-order valence-corrected chi connectivity index (χ3v) is 4.85. The molecule has 0 aliphatic carbocycles. The lowest BCUT2D eigenvalue weighted by molar-refractivity contribution is -0.130. The Bertz CT molecular complexity index is 1150. The molecule has 4 rings (SSSR count). The van der Waals surface area contributed by atoms with Crippen LogP contribution in [0, 0.1) is 5.82 Å². The number of aromatic nitrogens is 1. The van der Waals surface area contributed by atoms with Gasteiger partial charge in [-0.15, -0.1) is 11.3 Å². The average molecular weight is 407 g/mol. The lowest BCUT2D eigenvalue weighted by Crippen LogP contribution is -2.22. The minimum atomic E-state index is -0.648. The zero-order valence-corrected chi connectivity index (χ0v) is 16.0. The highest BCUT2D eigenvalue weighted by molar-refractivity contribution is 7.14. The maximum Gasteiger partial charge on any atom is 0.363 e. The number of carbonyl (C=O) groups excluding carboxylic acids is 2. The molecule has 0 saturated heterocycles. The monoisotopic (exact) mass is 407 g/mol. The van der Waals surface area contributed by atoms with E-state index < -0.39 is 11.8 Å². The largest absolute Gasteiger partial charge is 0.402 e. The molecule has 3 aromatic rings. The molecular formula is C21H14FN3O3S. The van der Waals surface area contributed by atoms with Gasteiger partial charge >= 0.3 is 5.97 Å². The highest BCUT2D eigenvalue weighted by Gasteiger charge is 2.25. The van der Waals surface area contributed by atoms with Crippen molar-refractivity contribution in [1.82, 2.24) is 4.98 Å². The molecule has 2 aromatic carbocycles. The van der Waals surface area contributed by atoms with Crippen molar-refractivity contribution in [3.8, 4) is 0 Å². The maximum atomic E-state index is 13.4. The number of hydrogen-bond donors (Lipinski definition) is 0. The Morgan fingerprint density at radius 3 is 2.69 bits per heavy atom. The van der Waals surface area contributed by atoms with Crippen LogP contribution >= 0.6 is 11.3 Å². The van der Waals surface area contributed by atoms with Crippen molar-refractivity contribution in [3.63, 3.8) is 0 Å². The molecule has 144 valence electrons. The lowest BCUT2D eigenvalue weighted by Gasteiger charge is -2.17. The van der Waals surface area contributed by atoms with Gasteiger partial charge in [-0.25, -0.2) is 19.2 Å². The fourth-order valence-electron chi connectivity index (χ4n) is 2.74. The summed E-state index contributed by atoms with van der Waals surface area (Å²) in [5.74, 6) is -1.25. The molecule has 1 aliphatic heterocycles. The van der Waals surface area contributed by atoms with Crippen molar-refractivity contribution >= 4 is 46.0 Å². The van der Waals surface area contributed by atoms with Crippen molar-refractivity contribution < 1.29 is 18.7 Å². The van der Waals surface area contributed by atoms with Crippen LogP contribution in [0.25, 0.3) is 6.08 Å². The van der Waals surface area contributed by atoms with Gasteiger partial charge in [-0.1, -0.05) is 24.3 Å². The van der Waals surface area contributed by atoms with Crippen LogP contribution < -0.4 is 4.90 Å². The average Bonchev–Trinajstić information content (AvgIpc) is 3.30. The zero-order chi connectivity index (χ0) is 20.4. The standard InChI is InChI=1S/C21H14FN3O3S/c1-13(26)25(17-8-3-2-4-9-17)21-23-16(12-29-21)11-18-20(27)28-19(24-18)14-6-5-7-15(22)10-14/h2-12H,1H3/b18-11+. The van der Waals surface area contributed by atoms with E-state index in [2.05, 4.69) is 9.98 Å². The number of thiazole rings is 1. The molecule has 1 amide bonds. The molecule has 0 saturated carbocycles. The summed E-state index contributed by atoms with van der Waals surface area (Å²) in [6, 6.07) is 14.8. The molecule has 0 unspecified atom stereocenters. The lowest BCUT2D eigenvalue weighted by atomic mass is 10.2. The second-order valence-corrected chi connectivity index (χ2v) is 6.93. The molecular weight excluding hydrogens is 393 g/mol. The number of benzene rings is 2. The molecule has 0 fully saturated rings. The van der Waals surface area contributed by atoms with Gasteiger partial charge in [0.2, 0.25) is 11.8 Å². The van der Waals surface area contributed by atoms with Crippen LogP contribution in [0.3, 0.4) is 0 Å². The first-order valence-corrected chi connectivity index (χ1v) is 9.49. The number of aliphatic imine (C=N–C) groups is 1. The molecule has 1 aromatic heterocycles. The fraction of sp³-hybridized carbons (Fsp3) is 0.0476. The van der Waals surface area contributed by atoms with E-state index in [1.807, 2.05) is 30.3 Å². The van der Waals surface area contributed by atoms with Crippen LogP contribution in [0.4, 0.5) is 15.2 Å². The zero-order valence-electron chi connectivity index (χ0n) is 15.2. The molecule has 0 radical (unpaired) electrons. The summed E-state index contributed by atoms with van der Waals surface area (Å²) < 4.78 is 18.5. The van der Waals surface area contributed by atoms with Crippen molar-refractivity contribution in [2.45, 2.75) is 6.92 Å². The van der Waals surface area contributed by atoms with Crippen LogP contribution in [-0.2, 0) is 14.3 Å². The van der Waals surface area contributed by atoms with Gasteiger partial charge < -0.3 is 4.74 Å². The molecule has 0 N–H and O–H groups in total. The molecule has 1 aliphatic rings. The van der Waals surface area contributed by atoms with Gasteiger partial charge in [0.05, 0.1) is 11.4 Å². The van der Waals surface area contributed by atoms with E-state index in [0.29, 0.717) is 22.1 Å². The number of para-hydroxylation sites is 1. The summed E-state index contributed by atoms with van der Waals surface area (Å²) in [6.45, 7) is 1.45. The van der Waals surface area contributed by atoms with Crippen LogP contribution in [0.2, 0.25) is 0 Å². The van der Waals surface area contributed by atoms with Crippen LogP contribution in [0.1, 0.15) is 18.2 Å². The van der Waals surface area contributed by atoms with Crippen LogP contribution in [0.15, 0.2) is 70.7 Å². The van der Waals surface area contributed by atoms with E-state index in [4.69, 9.17) is 4.74 Å². The number of cyclic esters (lactones) is 1. The first-order chi connectivity index (χ1) is 14.0. The van der Waals surface area contributed by atoms with E-state index in [1.54, 1.807) is 11.4 Å². The predicted molar refractivity (Wildman–Crippen MR) is 108 cm³/mol. The second-order valence-electron chi connectivity index (χ2n) is 6.09. The fourth-order valence-corrected chi connectivity index (χ4v) is 3.59. The minimum absolute atomic E-state index is 0.0332. The Kier molecular flexibility index (Phi) is 5.01. The van der Waals surface area contributed by atoms with Crippen LogP contribution in [0.5, 0.6) is 0 Å². The Morgan fingerprint density at radius 1 is 1.17 bits per heavy atom. The SMILES string of the molecule is CC(=O)N(c1ccccc1)c1nc(/C=C2/N=C(c3cccc(F)c3)OC2=O)cs1. The predicted octanol–water partition coefficient (Wildman–Crippen LogP) is 4.31. The van der Waals surface area contributed by atoms with E-state index >= 15 is 0 Å². The molecule has 0 bridgehead atoms. The molecule has 0 atom stereocenters. The first-order valence-electron chi connectivity index (χ1n) is 8.61. The van der Waals surface area contributed by atoms with Gasteiger partial charge in [-0.2, -0.15) is 0 Å².